The smallest absolute Gasteiger partial charge is 0.255 e. The van der Waals surface area contributed by atoms with Gasteiger partial charge in [-0.3, -0.25) is 14.5 Å². The number of carbonyl (C=O) groups excluding carboxylic acids is 2. The van der Waals surface area contributed by atoms with Gasteiger partial charge in [0.25, 0.3) is 5.91 Å². The molecule has 0 bridgehead atoms. The molecule has 2 amide bonds. The van der Waals surface area contributed by atoms with Crippen LogP contribution in [0.25, 0.3) is 0 Å². The van der Waals surface area contributed by atoms with Crippen LogP contribution in [0, 0.1) is 0 Å². The molecule has 5 heteroatoms. The summed E-state index contributed by atoms with van der Waals surface area (Å²) in [5.74, 6) is -0.317. The van der Waals surface area contributed by atoms with Gasteiger partial charge in [-0.25, -0.2) is 0 Å². The molecule has 0 saturated heterocycles. The quantitative estimate of drug-likeness (QED) is 0.756. The van der Waals surface area contributed by atoms with Crippen LogP contribution in [0.15, 0.2) is 48.5 Å². The van der Waals surface area contributed by atoms with Crippen LogP contribution in [-0.2, 0) is 11.3 Å². The van der Waals surface area contributed by atoms with Crippen LogP contribution in [0.4, 0.5) is 11.4 Å². The highest BCUT2D eigenvalue weighted by Crippen LogP contribution is 2.23. The minimum atomic E-state index is -0.175. The molecule has 0 atom stereocenters. The summed E-state index contributed by atoms with van der Waals surface area (Å²) in [6.07, 6.45) is 0. The Morgan fingerprint density at radius 1 is 0.889 bits per heavy atom. The summed E-state index contributed by atoms with van der Waals surface area (Å²) < 4.78 is 0. The molecule has 0 unspecified atom stereocenters. The van der Waals surface area contributed by atoms with Gasteiger partial charge in [-0.15, -0.1) is 0 Å². The largest absolute Gasteiger partial charge is 0.326 e. The van der Waals surface area contributed by atoms with Crippen LogP contribution in [0.5, 0.6) is 0 Å². The molecule has 2 N–H and O–H groups in total. The summed E-state index contributed by atoms with van der Waals surface area (Å²) in [5, 5.41) is 5.76. The summed E-state index contributed by atoms with van der Waals surface area (Å²) in [6, 6.07) is 15.5. The number of rotatable bonds is 7. The summed E-state index contributed by atoms with van der Waals surface area (Å²) in [6.45, 7) is 10.9. The molecule has 5 nitrogen and oxygen atoms in total. The first-order valence-electron chi connectivity index (χ1n) is 9.30. The fourth-order valence-corrected chi connectivity index (χ4v) is 3.10. The van der Waals surface area contributed by atoms with E-state index >= 15 is 0 Å². The zero-order valence-electron chi connectivity index (χ0n) is 16.7. The number of nitrogens with zero attached hydrogens (tertiary/aromatic N) is 1. The Kier molecular flexibility index (Phi) is 7.13. The van der Waals surface area contributed by atoms with E-state index in [1.54, 1.807) is 18.2 Å². The first kappa shape index (κ1) is 20.6. The lowest BCUT2D eigenvalue weighted by Crippen LogP contribution is -2.36. The van der Waals surface area contributed by atoms with E-state index in [1.165, 1.54) is 6.92 Å². The summed E-state index contributed by atoms with van der Waals surface area (Å²) in [4.78, 5) is 26.4. The third-order valence-electron chi connectivity index (χ3n) is 4.30. The van der Waals surface area contributed by atoms with Gasteiger partial charge in [-0.1, -0.05) is 18.2 Å². The van der Waals surface area contributed by atoms with E-state index in [-0.39, 0.29) is 11.8 Å². The number of anilines is 2. The fraction of sp³-hybridized carbons (Fsp3) is 0.364. The standard InChI is InChI=1S/C22H29N3O2/c1-15(2)25(16(3)4)14-18-11-20(23-17(5)26)13-21(12-18)24-22(27)19-9-7-6-8-10-19/h6-13,15-16H,14H2,1-5H3,(H,23,26)(H,24,27). The maximum absolute atomic E-state index is 12.5. The molecule has 0 aromatic heterocycles. The van der Waals surface area contributed by atoms with Crippen molar-refractivity contribution in [2.75, 3.05) is 10.6 Å². The molecule has 2 aromatic carbocycles. The normalized spacial score (nSPS) is 11.1. The van der Waals surface area contributed by atoms with Crippen molar-refractivity contribution in [1.82, 2.24) is 4.90 Å². The van der Waals surface area contributed by atoms with Gasteiger partial charge in [-0.05, 0) is 63.6 Å². The first-order valence-corrected chi connectivity index (χ1v) is 9.30. The predicted octanol–water partition coefficient (Wildman–Crippen LogP) is 4.52. The van der Waals surface area contributed by atoms with Crippen molar-refractivity contribution >= 4 is 23.2 Å². The second-order valence-corrected chi connectivity index (χ2v) is 7.28. The molecule has 0 spiro atoms. The number of hydrogen-bond donors (Lipinski definition) is 2. The van der Waals surface area contributed by atoms with Crippen molar-refractivity contribution in [3.05, 3.63) is 59.7 Å². The molecular formula is C22H29N3O2. The van der Waals surface area contributed by atoms with E-state index in [2.05, 4.69) is 43.2 Å². The average Bonchev–Trinajstić information content (AvgIpc) is 2.59. The Bertz CT molecular complexity index is 777. The van der Waals surface area contributed by atoms with Crippen LogP contribution < -0.4 is 10.6 Å². The van der Waals surface area contributed by atoms with Crippen LogP contribution in [0.2, 0.25) is 0 Å². The van der Waals surface area contributed by atoms with E-state index in [0.29, 0.717) is 29.0 Å². The van der Waals surface area contributed by atoms with Crippen molar-refractivity contribution in [2.24, 2.45) is 0 Å². The van der Waals surface area contributed by atoms with Gasteiger partial charge in [-0.2, -0.15) is 0 Å². The number of benzene rings is 2. The number of carbonyl (C=O) groups is 2. The molecule has 27 heavy (non-hydrogen) atoms. The molecule has 0 aliphatic carbocycles. The first-order chi connectivity index (χ1) is 12.8. The van der Waals surface area contributed by atoms with Gasteiger partial charge in [0, 0.05) is 42.5 Å². The fourth-order valence-electron chi connectivity index (χ4n) is 3.10. The zero-order valence-corrected chi connectivity index (χ0v) is 16.7. The highest BCUT2D eigenvalue weighted by molar-refractivity contribution is 6.04. The van der Waals surface area contributed by atoms with Gasteiger partial charge < -0.3 is 10.6 Å². The molecular weight excluding hydrogens is 338 g/mol. The molecule has 0 aliphatic heterocycles. The van der Waals surface area contributed by atoms with Gasteiger partial charge in [0.15, 0.2) is 0 Å². The highest BCUT2D eigenvalue weighted by atomic mass is 16.2. The second kappa shape index (κ2) is 9.33. The molecule has 0 heterocycles. The molecule has 2 aromatic rings. The Balaban J connectivity index is 2.30. The van der Waals surface area contributed by atoms with E-state index < -0.39 is 0 Å². The van der Waals surface area contributed by atoms with Crippen molar-refractivity contribution in [1.29, 1.82) is 0 Å². The minimum absolute atomic E-state index is 0.142. The maximum atomic E-state index is 12.5. The van der Waals surface area contributed by atoms with Gasteiger partial charge in [0.05, 0.1) is 0 Å². The van der Waals surface area contributed by atoms with E-state index in [0.717, 1.165) is 12.1 Å². The van der Waals surface area contributed by atoms with E-state index in [9.17, 15) is 9.59 Å². The molecule has 144 valence electrons. The lowest BCUT2D eigenvalue weighted by Gasteiger charge is -2.30. The molecule has 2 rings (SSSR count). The number of hydrogen-bond acceptors (Lipinski definition) is 3. The zero-order chi connectivity index (χ0) is 20.0. The maximum Gasteiger partial charge on any atom is 0.255 e. The predicted molar refractivity (Wildman–Crippen MR) is 111 cm³/mol. The molecule has 0 fully saturated rings. The molecule has 0 aliphatic rings. The Morgan fingerprint density at radius 2 is 1.44 bits per heavy atom. The molecule has 0 saturated carbocycles. The van der Waals surface area contributed by atoms with Crippen LogP contribution >= 0.6 is 0 Å². The highest BCUT2D eigenvalue weighted by Gasteiger charge is 2.15. The third kappa shape index (κ3) is 6.22. The summed E-state index contributed by atoms with van der Waals surface area (Å²) in [7, 11) is 0. The van der Waals surface area contributed by atoms with E-state index in [4.69, 9.17) is 0 Å². The monoisotopic (exact) mass is 367 g/mol. The lowest BCUT2D eigenvalue weighted by atomic mass is 10.1. The van der Waals surface area contributed by atoms with Crippen LogP contribution in [-0.4, -0.2) is 28.8 Å². The van der Waals surface area contributed by atoms with Crippen molar-refractivity contribution in [2.45, 2.75) is 53.2 Å². The van der Waals surface area contributed by atoms with Gasteiger partial charge >= 0.3 is 0 Å². The average molecular weight is 367 g/mol. The lowest BCUT2D eigenvalue weighted by molar-refractivity contribution is -0.114. The number of nitrogens with one attached hydrogen (secondary N) is 2. The van der Waals surface area contributed by atoms with Crippen LogP contribution in [0.3, 0.4) is 0 Å². The minimum Gasteiger partial charge on any atom is -0.326 e. The summed E-state index contributed by atoms with van der Waals surface area (Å²) >= 11 is 0. The topological polar surface area (TPSA) is 61.4 Å². The Morgan fingerprint density at radius 3 is 1.96 bits per heavy atom. The van der Waals surface area contributed by atoms with Crippen molar-refractivity contribution < 1.29 is 9.59 Å². The van der Waals surface area contributed by atoms with E-state index in [1.807, 2.05) is 30.3 Å². The van der Waals surface area contributed by atoms with Gasteiger partial charge in [0.1, 0.15) is 0 Å². The van der Waals surface area contributed by atoms with Crippen molar-refractivity contribution in [3.8, 4) is 0 Å². The Hall–Kier alpha value is -2.66. The summed E-state index contributed by atoms with van der Waals surface area (Å²) in [5.41, 5.74) is 2.97. The SMILES string of the molecule is CC(=O)Nc1cc(CN(C(C)C)C(C)C)cc(NC(=O)c2ccccc2)c1. The van der Waals surface area contributed by atoms with Crippen LogP contribution in [0.1, 0.15) is 50.5 Å². The number of amides is 2. The van der Waals surface area contributed by atoms with Gasteiger partial charge in [0.2, 0.25) is 5.91 Å². The second-order valence-electron chi connectivity index (χ2n) is 7.28. The van der Waals surface area contributed by atoms with Crippen molar-refractivity contribution in [3.63, 3.8) is 0 Å². The Labute approximate surface area is 161 Å². The third-order valence-corrected chi connectivity index (χ3v) is 4.30. The molecule has 0 radical (unpaired) electrons.